The molecule has 12 heteroatoms. The average Bonchev–Trinajstić information content (AvgIpc) is 3.83. The number of non-ortho nitro benzene ring substituents is 1. The predicted molar refractivity (Wildman–Crippen MR) is 229 cm³/mol. The first-order valence-corrected chi connectivity index (χ1v) is 19.7. The number of hydrogen-bond donors (Lipinski definition) is 0. The number of ketones is 1. The second-order valence-corrected chi connectivity index (χ2v) is 14.5. The van der Waals surface area contributed by atoms with Gasteiger partial charge < -0.3 is 4.57 Å². The molecule has 0 atom stereocenters. The fourth-order valence-corrected chi connectivity index (χ4v) is 7.81. The van der Waals surface area contributed by atoms with E-state index in [0.29, 0.717) is 35.7 Å². The third-order valence-corrected chi connectivity index (χ3v) is 10.9. The Labute approximate surface area is 347 Å². The Morgan fingerprint density at radius 3 is 1.98 bits per heavy atom. The molecule has 1 aliphatic rings. The van der Waals surface area contributed by atoms with Crippen LogP contribution >= 0.6 is 11.6 Å². The van der Waals surface area contributed by atoms with Crippen LogP contribution in [0.1, 0.15) is 52.3 Å². The summed E-state index contributed by atoms with van der Waals surface area (Å²) < 4.78 is 1.80. The second kappa shape index (κ2) is 18.2. The Kier molecular flexibility index (Phi) is 12.4. The molecule has 0 unspecified atom stereocenters. The summed E-state index contributed by atoms with van der Waals surface area (Å²) >= 11 is 6.21. The third kappa shape index (κ3) is 8.57. The number of nitro benzene ring substituents is 1. The lowest BCUT2D eigenvalue weighted by Gasteiger charge is -2.29. The van der Waals surface area contributed by atoms with Crippen LogP contribution in [0.5, 0.6) is 0 Å². The van der Waals surface area contributed by atoms with E-state index in [9.17, 15) is 19.7 Å². The number of carbonyl (C=O) groups is 2. The number of para-hydroxylation sites is 2. The fourth-order valence-electron chi connectivity index (χ4n) is 7.59. The Balaban J connectivity index is 0.000000179. The molecule has 0 aliphatic carbocycles. The fraction of sp³-hybridized carbons (Fsp3) is 0.170. The molecule has 0 spiro atoms. The van der Waals surface area contributed by atoms with Crippen molar-refractivity contribution < 1.29 is 14.5 Å². The summed E-state index contributed by atoms with van der Waals surface area (Å²) in [6.45, 7) is 6.44. The number of amides is 1. The van der Waals surface area contributed by atoms with E-state index < -0.39 is 10.3 Å². The summed E-state index contributed by atoms with van der Waals surface area (Å²) in [6, 6.07) is 37.0. The molecular formula is C47H42ClN7O4. The van der Waals surface area contributed by atoms with Gasteiger partial charge in [-0.3, -0.25) is 39.5 Å². The molecule has 0 fully saturated rings. The number of hydrogen-bond acceptors (Lipinski definition) is 8. The van der Waals surface area contributed by atoms with Crippen LogP contribution in [0.25, 0.3) is 5.69 Å². The smallest absolute Gasteiger partial charge is 0.270 e. The summed E-state index contributed by atoms with van der Waals surface area (Å²) in [5.74, 6) is 0.469. The summed E-state index contributed by atoms with van der Waals surface area (Å²) in [4.78, 5) is 55.0. The van der Waals surface area contributed by atoms with Gasteiger partial charge in [-0.25, -0.2) is 4.98 Å². The third-order valence-electron chi connectivity index (χ3n) is 10.6. The zero-order valence-corrected chi connectivity index (χ0v) is 33.4. The van der Waals surface area contributed by atoms with Crippen LogP contribution in [-0.4, -0.2) is 54.1 Å². The van der Waals surface area contributed by atoms with Gasteiger partial charge in [0.1, 0.15) is 5.82 Å². The first-order valence-electron chi connectivity index (χ1n) is 19.3. The van der Waals surface area contributed by atoms with E-state index in [1.165, 1.54) is 12.1 Å². The average molecular weight is 804 g/mol. The Morgan fingerprint density at radius 1 is 0.746 bits per heavy atom. The summed E-state index contributed by atoms with van der Waals surface area (Å²) in [6.07, 6.45) is 11.8. The van der Waals surface area contributed by atoms with Crippen molar-refractivity contribution >= 4 is 40.4 Å². The number of anilines is 2. The highest BCUT2D eigenvalue weighted by Gasteiger charge is 2.51. The Hall–Kier alpha value is -6.82. The molecular weight excluding hydrogens is 762 g/mol. The molecule has 296 valence electrons. The normalized spacial score (nSPS) is 12.8. The standard InChI is InChI=1S/C26H21N3O.C21H21ClN4O3/c30-25-26(18-20-10-14-27-15-11-20,19-21-12-16-28-17-13-21)23-8-4-5-9-24(23)29(25)22-6-2-1-3-7-22;1-3-24(4-2)14-20-23-11-12-25(20)19-10-9-15(26(28)29)13-17(19)21(27)16-7-5-6-8-18(16)22/h1-17H,18-19H2;5-13H,3-4,14H2,1-2H3. The maximum Gasteiger partial charge on any atom is 0.270 e. The van der Waals surface area contributed by atoms with Crippen molar-refractivity contribution in [3.63, 3.8) is 0 Å². The lowest BCUT2D eigenvalue weighted by Crippen LogP contribution is -2.42. The molecule has 0 saturated carbocycles. The van der Waals surface area contributed by atoms with E-state index in [1.54, 1.807) is 72.1 Å². The lowest BCUT2D eigenvalue weighted by molar-refractivity contribution is -0.384. The van der Waals surface area contributed by atoms with Gasteiger partial charge in [0.15, 0.2) is 5.78 Å². The first kappa shape index (κ1) is 40.4. The van der Waals surface area contributed by atoms with Gasteiger partial charge in [-0.05, 0) is 103 Å². The van der Waals surface area contributed by atoms with E-state index in [4.69, 9.17) is 11.6 Å². The van der Waals surface area contributed by atoms with Crippen molar-refractivity contribution in [2.75, 3.05) is 18.0 Å². The van der Waals surface area contributed by atoms with Gasteiger partial charge in [0.2, 0.25) is 5.91 Å². The van der Waals surface area contributed by atoms with Crippen LogP contribution in [-0.2, 0) is 29.6 Å². The van der Waals surface area contributed by atoms with Crippen LogP contribution in [0.4, 0.5) is 17.1 Å². The lowest BCUT2D eigenvalue weighted by atomic mass is 9.72. The maximum absolute atomic E-state index is 14.2. The maximum atomic E-state index is 14.2. The largest absolute Gasteiger partial charge is 0.302 e. The van der Waals surface area contributed by atoms with Crippen molar-refractivity contribution in [1.82, 2.24) is 24.4 Å². The van der Waals surface area contributed by atoms with Gasteiger partial charge in [-0.1, -0.05) is 74.0 Å². The zero-order chi connectivity index (χ0) is 41.4. The molecule has 4 heterocycles. The van der Waals surface area contributed by atoms with Gasteiger partial charge in [-0.15, -0.1) is 0 Å². The van der Waals surface area contributed by atoms with Crippen LogP contribution in [0, 0.1) is 10.1 Å². The Bertz CT molecular complexity index is 2520. The van der Waals surface area contributed by atoms with Gasteiger partial charge in [0.05, 0.1) is 38.8 Å². The molecule has 0 saturated heterocycles. The van der Waals surface area contributed by atoms with E-state index in [0.717, 1.165) is 47.0 Å². The van der Waals surface area contributed by atoms with Crippen LogP contribution < -0.4 is 4.90 Å². The topological polar surface area (TPSA) is 127 Å². The summed E-state index contributed by atoms with van der Waals surface area (Å²) in [7, 11) is 0. The molecule has 1 amide bonds. The van der Waals surface area contributed by atoms with Crippen molar-refractivity contribution in [3.05, 3.63) is 207 Å². The number of nitro groups is 1. The molecule has 7 aromatic rings. The van der Waals surface area contributed by atoms with Crippen LogP contribution in [0.15, 0.2) is 159 Å². The number of nitrogens with zero attached hydrogens (tertiary/aromatic N) is 7. The number of fused-ring (bicyclic) bond motifs is 1. The molecule has 4 aromatic carbocycles. The molecule has 3 aromatic heterocycles. The highest BCUT2D eigenvalue weighted by molar-refractivity contribution is 6.35. The quantitative estimate of drug-likeness (QED) is 0.0641. The molecule has 11 nitrogen and oxygen atoms in total. The number of imidazole rings is 1. The molecule has 8 rings (SSSR count). The number of pyridine rings is 2. The number of aromatic nitrogens is 4. The number of carbonyl (C=O) groups excluding carboxylic acids is 2. The first-order chi connectivity index (χ1) is 28.7. The zero-order valence-electron chi connectivity index (χ0n) is 32.7. The van der Waals surface area contributed by atoms with Gasteiger partial charge in [0.25, 0.3) is 5.69 Å². The van der Waals surface area contributed by atoms with E-state index in [2.05, 4.69) is 39.8 Å². The summed E-state index contributed by atoms with van der Waals surface area (Å²) in [5, 5.41) is 11.6. The minimum absolute atomic E-state index is 0.100. The van der Waals surface area contributed by atoms with E-state index >= 15 is 0 Å². The molecule has 59 heavy (non-hydrogen) atoms. The van der Waals surface area contributed by atoms with Crippen molar-refractivity contribution in [3.8, 4) is 5.69 Å². The second-order valence-electron chi connectivity index (χ2n) is 14.1. The highest BCUT2D eigenvalue weighted by Crippen LogP contribution is 2.49. The van der Waals surface area contributed by atoms with Crippen molar-refractivity contribution in [2.24, 2.45) is 0 Å². The van der Waals surface area contributed by atoms with Crippen molar-refractivity contribution in [1.29, 1.82) is 0 Å². The molecule has 0 radical (unpaired) electrons. The van der Waals surface area contributed by atoms with Crippen molar-refractivity contribution in [2.45, 2.75) is 38.6 Å². The molecule has 1 aliphatic heterocycles. The van der Waals surface area contributed by atoms with Crippen LogP contribution in [0.2, 0.25) is 5.02 Å². The SMILES string of the molecule is CCN(CC)Cc1nccn1-c1ccc([N+](=O)[O-])cc1C(=O)c1ccccc1Cl.O=C1N(c2ccccc2)c2ccccc2C1(Cc1ccncc1)Cc1ccncc1. The van der Waals surface area contributed by atoms with Crippen LogP contribution in [0.3, 0.4) is 0 Å². The van der Waals surface area contributed by atoms with Gasteiger partial charge in [-0.2, -0.15) is 0 Å². The predicted octanol–water partition coefficient (Wildman–Crippen LogP) is 9.38. The number of rotatable bonds is 13. The Morgan fingerprint density at radius 2 is 1.36 bits per heavy atom. The van der Waals surface area contributed by atoms with Gasteiger partial charge >= 0.3 is 0 Å². The molecule has 0 N–H and O–H groups in total. The van der Waals surface area contributed by atoms with E-state index in [-0.39, 0.29) is 22.9 Å². The highest BCUT2D eigenvalue weighted by atomic mass is 35.5. The summed E-state index contributed by atoms with van der Waals surface area (Å²) in [5.41, 5.74) is 5.26. The number of halogens is 1. The minimum atomic E-state index is -0.699. The monoisotopic (exact) mass is 803 g/mol. The van der Waals surface area contributed by atoms with E-state index in [1.807, 2.05) is 77.7 Å². The number of benzene rings is 4. The van der Waals surface area contributed by atoms with Gasteiger partial charge in [0, 0.05) is 60.6 Å². The molecule has 0 bridgehead atoms. The minimum Gasteiger partial charge on any atom is -0.302 e.